The van der Waals surface area contributed by atoms with Crippen molar-refractivity contribution in [1.29, 1.82) is 0 Å². The minimum Gasteiger partial charge on any atom is -0.481 e. The van der Waals surface area contributed by atoms with Crippen molar-refractivity contribution in [2.24, 2.45) is 7.05 Å². The summed E-state index contributed by atoms with van der Waals surface area (Å²) in [5.41, 5.74) is 5.17. The molecule has 0 spiro atoms. The lowest BCUT2D eigenvalue weighted by Gasteiger charge is -2.15. The van der Waals surface area contributed by atoms with E-state index in [-0.39, 0.29) is 5.78 Å². The van der Waals surface area contributed by atoms with Crippen LogP contribution in [0.2, 0.25) is 0 Å². The van der Waals surface area contributed by atoms with Crippen molar-refractivity contribution in [3.05, 3.63) is 52.0 Å². The molecule has 0 radical (unpaired) electrons. The molecular formula is C19H21N3O2. The third-order valence-electron chi connectivity index (χ3n) is 4.60. The zero-order valence-electron chi connectivity index (χ0n) is 14.9. The number of rotatable bonds is 3. The summed E-state index contributed by atoms with van der Waals surface area (Å²) in [7, 11) is 3.30. The third kappa shape index (κ3) is 2.28. The van der Waals surface area contributed by atoms with Gasteiger partial charge in [-0.2, -0.15) is 5.10 Å². The second kappa shape index (κ2) is 5.74. The maximum Gasteiger partial charge on any atom is 0.222 e. The molecule has 3 rings (SSSR count). The van der Waals surface area contributed by atoms with Crippen LogP contribution in [0.4, 0.5) is 0 Å². The average Bonchev–Trinajstić information content (AvgIpc) is 2.92. The summed E-state index contributed by atoms with van der Waals surface area (Å²) in [6.45, 7) is 8.02. The topological polar surface area (TPSA) is 57.0 Å². The molecule has 0 aliphatic carbocycles. The number of pyridine rings is 1. The lowest BCUT2D eigenvalue weighted by Crippen LogP contribution is -2.07. The summed E-state index contributed by atoms with van der Waals surface area (Å²) in [6.07, 6.45) is 1.56. The van der Waals surface area contributed by atoms with Gasteiger partial charge in [0.05, 0.1) is 13.3 Å². The highest BCUT2D eigenvalue weighted by Crippen LogP contribution is 2.32. The average molecular weight is 323 g/mol. The largest absolute Gasteiger partial charge is 0.481 e. The second-order valence-electron chi connectivity index (χ2n) is 6.11. The van der Waals surface area contributed by atoms with E-state index in [1.54, 1.807) is 25.0 Å². The zero-order chi connectivity index (χ0) is 17.6. The predicted octanol–water partition coefficient (Wildman–Crippen LogP) is 3.44. The molecule has 1 aromatic carbocycles. The Kier molecular flexibility index (Phi) is 3.87. The minimum atomic E-state index is -0.0851. The van der Waals surface area contributed by atoms with Crippen molar-refractivity contribution < 1.29 is 9.53 Å². The van der Waals surface area contributed by atoms with Gasteiger partial charge < -0.3 is 4.74 Å². The van der Waals surface area contributed by atoms with Gasteiger partial charge in [-0.25, -0.2) is 4.68 Å². The lowest BCUT2D eigenvalue weighted by atomic mass is 9.91. The molecule has 0 N–H and O–H groups in total. The van der Waals surface area contributed by atoms with Gasteiger partial charge in [-0.1, -0.05) is 12.1 Å². The highest BCUT2D eigenvalue weighted by molar-refractivity contribution is 6.18. The van der Waals surface area contributed by atoms with E-state index >= 15 is 0 Å². The first-order valence-electron chi connectivity index (χ1n) is 7.84. The van der Waals surface area contributed by atoms with Gasteiger partial charge >= 0.3 is 0 Å². The number of ketones is 1. The number of aromatic nitrogens is 3. The maximum absolute atomic E-state index is 13.2. The molecule has 0 fully saturated rings. The normalized spacial score (nSPS) is 11.1. The zero-order valence-corrected chi connectivity index (χ0v) is 14.9. The first-order valence-corrected chi connectivity index (χ1v) is 7.84. The molecule has 0 atom stereocenters. The summed E-state index contributed by atoms with van der Waals surface area (Å²) in [5, 5.41) is 6.16. The molecule has 0 bridgehead atoms. The number of methoxy groups -OCH3 is 1. The molecule has 2 heterocycles. The van der Waals surface area contributed by atoms with E-state index in [1.165, 1.54) is 0 Å². The van der Waals surface area contributed by atoms with Crippen molar-refractivity contribution in [3.8, 4) is 5.88 Å². The highest BCUT2D eigenvalue weighted by Gasteiger charge is 2.22. The van der Waals surface area contributed by atoms with Gasteiger partial charge in [0.25, 0.3) is 0 Å². The Balaban J connectivity index is 2.35. The SMILES string of the molecule is COc1c(C(=O)c2ccc(C)c3c(C)nc(C)c(C)c23)cnn1C. The number of carbonyl (C=O) groups excluding carboxylic acids is 1. The van der Waals surface area contributed by atoms with Gasteiger partial charge in [-0.15, -0.1) is 0 Å². The van der Waals surface area contributed by atoms with Crippen molar-refractivity contribution >= 4 is 16.6 Å². The van der Waals surface area contributed by atoms with Crippen LogP contribution in [-0.2, 0) is 7.05 Å². The summed E-state index contributed by atoms with van der Waals surface area (Å²) in [6, 6.07) is 3.86. The molecule has 0 aliphatic rings. The van der Waals surface area contributed by atoms with Gasteiger partial charge in [-0.3, -0.25) is 9.78 Å². The van der Waals surface area contributed by atoms with Gasteiger partial charge in [-0.05, 0) is 44.2 Å². The minimum absolute atomic E-state index is 0.0851. The third-order valence-corrected chi connectivity index (χ3v) is 4.60. The lowest BCUT2D eigenvalue weighted by molar-refractivity contribution is 0.103. The van der Waals surface area contributed by atoms with Crippen LogP contribution >= 0.6 is 0 Å². The predicted molar refractivity (Wildman–Crippen MR) is 93.9 cm³/mol. The van der Waals surface area contributed by atoms with E-state index in [4.69, 9.17) is 4.74 Å². The molecule has 0 amide bonds. The molecule has 24 heavy (non-hydrogen) atoms. The molecule has 2 aromatic heterocycles. The Hall–Kier alpha value is -2.69. The Morgan fingerprint density at radius 3 is 2.42 bits per heavy atom. The fraction of sp³-hybridized carbons (Fsp3) is 0.316. The summed E-state index contributed by atoms with van der Waals surface area (Å²) < 4.78 is 6.90. The molecule has 0 saturated heterocycles. The highest BCUT2D eigenvalue weighted by atomic mass is 16.5. The van der Waals surface area contributed by atoms with Crippen LogP contribution in [0.5, 0.6) is 5.88 Å². The van der Waals surface area contributed by atoms with Crippen LogP contribution in [0.15, 0.2) is 18.3 Å². The van der Waals surface area contributed by atoms with Gasteiger partial charge in [0, 0.05) is 29.4 Å². The Labute approximate surface area is 141 Å². The van der Waals surface area contributed by atoms with Gasteiger partial charge in [0.15, 0.2) is 0 Å². The fourth-order valence-corrected chi connectivity index (χ4v) is 3.29. The standard InChI is InChI=1S/C19H21N3O2/c1-10-7-8-14(17-11(2)12(3)21-13(4)16(10)17)18(23)15-9-20-22(5)19(15)24-6/h7-9H,1-6H3. The van der Waals surface area contributed by atoms with Crippen LogP contribution in [-0.4, -0.2) is 27.7 Å². The molecule has 5 nitrogen and oxygen atoms in total. The van der Waals surface area contributed by atoms with E-state index in [0.29, 0.717) is 17.0 Å². The number of ether oxygens (including phenoxy) is 1. The van der Waals surface area contributed by atoms with E-state index < -0.39 is 0 Å². The molecule has 0 saturated carbocycles. The maximum atomic E-state index is 13.2. The van der Waals surface area contributed by atoms with Crippen LogP contribution < -0.4 is 4.74 Å². The van der Waals surface area contributed by atoms with Crippen molar-refractivity contribution in [2.75, 3.05) is 7.11 Å². The van der Waals surface area contributed by atoms with Crippen LogP contribution in [0.3, 0.4) is 0 Å². The number of hydrogen-bond acceptors (Lipinski definition) is 4. The number of carbonyl (C=O) groups is 1. The van der Waals surface area contributed by atoms with Crippen LogP contribution in [0, 0.1) is 27.7 Å². The number of aryl methyl sites for hydroxylation is 5. The Morgan fingerprint density at radius 2 is 1.75 bits per heavy atom. The van der Waals surface area contributed by atoms with Crippen molar-refractivity contribution in [2.45, 2.75) is 27.7 Å². The van der Waals surface area contributed by atoms with Crippen molar-refractivity contribution in [3.63, 3.8) is 0 Å². The molecule has 3 aromatic rings. The van der Waals surface area contributed by atoms with Crippen LogP contribution in [0.25, 0.3) is 10.8 Å². The Bertz CT molecular complexity index is 971. The van der Waals surface area contributed by atoms with Crippen LogP contribution in [0.1, 0.15) is 38.4 Å². The molecule has 0 unspecified atom stereocenters. The number of fused-ring (bicyclic) bond motifs is 1. The van der Waals surface area contributed by atoms with E-state index in [2.05, 4.69) is 10.1 Å². The van der Waals surface area contributed by atoms with E-state index in [0.717, 1.165) is 33.3 Å². The summed E-state index contributed by atoms with van der Waals surface area (Å²) >= 11 is 0. The smallest absolute Gasteiger partial charge is 0.222 e. The van der Waals surface area contributed by atoms with E-state index in [1.807, 2.05) is 39.8 Å². The first-order chi connectivity index (χ1) is 11.4. The van der Waals surface area contributed by atoms with Crippen molar-refractivity contribution in [1.82, 2.24) is 14.8 Å². The monoisotopic (exact) mass is 323 g/mol. The molecular weight excluding hydrogens is 302 g/mol. The molecule has 5 heteroatoms. The summed E-state index contributed by atoms with van der Waals surface area (Å²) in [5.74, 6) is 0.381. The fourth-order valence-electron chi connectivity index (χ4n) is 3.29. The number of benzene rings is 1. The number of hydrogen-bond donors (Lipinski definition) is 0. The molecule has 124 valence electrons. The van der Waals surface area contributed by atoms with Gasteiger partial charge in [0.1, 0.15) is 5.56 Å². The Morgan fingerprint density at radius 1 is 1.04 bits per heavy atom. The molecule has 0 aliphatic heterocycles. The van der Waals surface area contributed by atoms with E-state index in [9.17, 15) is 4.79 Å². The van der Waals surface area contributed by atoms with Gasteiger partial charge in [0.2, 0.25) is 11.7 Å². The quantitative estimate of drug-likeness (QED) is 0.693. The summed E-state index contributed by atoms with van der Waals surface area (Å²) in [4.78, 5) is 17.8. The number of nitrogens with zero attached hydrogens (tertiary/aromatic N) is 3. The second-order valence-corrected chi connectivity index (χ2v) is 6.11. The first kappa shape index (κ1) is 16.2.